The molecule has 0 bridgehead atoms. The Morgan fingerprint density at radius 2 is 2.06 bits per heavy atom. The van der Waals surface area contributed by atoms with Crippen LogP contribution >= 0.6 is 0 Å². The van der Waals surface area contributed by atoms with Crippen molar-refractivity contribution in [3.8, 4) is 0 Å². The Bertz CT molecular complexity index is 414. The summed E-state index contributed by atoms with van der Waals surface area (Å²) in [5, 5.41) is 10.0. The van der Waals surface area contributed by atoms with Gasteiger partial charge in [-0.25, -0.2) is 0 Å². The number of hydrogen-bond donors (Lipinski definition) is 1. The maximum atomic E-state index is 12.1. The van der Waals surface area contributed by atoms with Gasteiger partial charge in [-0.2, -0.15) is 0 Å². The number of benzene rings is 1. The molecule has 2 rings (SSSR count). The monoisotopic (exact) mass is 247 g/mol. The van der Waals surface area contributed by atoms with E-state index in [4.69, 9.17) is 0 Å². The number of rotatable bonds is 4. The van der Waals surface area contributed by atoms with Crippen molar-refractivity contribution in [3.05, 3.63) is 35.9 Å². The molecule has 0 aromatic heterocycles. The Morgan fingerprint density at radius 3 is 2.67 bits per heavy atom. The van der Waals surface area contributed by atoms with Crippen LogP contribution in [0.1, 0.15) is 32.3 Å². The molecule has 0 radical (unpaired) electrons. The maximum Gasteiger partial charge on any atom is 0.254 e. The number of amides is 1. The van der Waals surface area contributed by atoms with Gasteiger partial charge in [-0.05, 0) is 25.3 Å². The van der Waals surface area contributed by atoms with Gasteiger partial charge in [-0.3, -0.25) is 4.79 Å². The number of carbonyl (C=O) groups is 1. The minimum atomic E-state index is -1.17. The normalized spacial score (nSPS) is 27.8. The van der Waals surface area contributed by atoms with Crippen molar-refractivity contribution >= 4 is 5.91 Å². The quantitative estimate of drug-likeness (QED) is 0.884. The number of hydrogen-bond acceptors (Lipinski definition) is 2. The van der Waals surface area contributed by atoms with Gasteiger partial charge in [0.05, 0.1) is 0 Å². The second kappa shape index (κ2) is 5.11. The molecule has 3 nitrogen and oxygen atoms in total. The van der Waals surface area contributed by atoms with Crippen molar-refractivity contribution in [2.45, 2.75) is 44.8 Å². The Kier molecular flexibility index (Phi) is 3.71. The summed E-state index contributed by atoms with van der Waals surface area (Å²) in [4.78, 5) is 13.9. The molecule has 18 heavy (non-hydrogen) atoms. The molecule has 1 aliphatic heterocycles. The molecule has 1 aromatic rings. The topological polar surface area (TPSA) is 40.5 Å². The van der Waals surface area contributed by atoms with E-state index in [-0.39, 0.29) is 11.9 Å². The van der Waals surface area contributed by atoms with Gasteiger partial charge < -0.3 is 10.0 Å². The van der Waals surface area contributed by atoms with E-state index in [1.165, 1.54) is 5.56 Å². The molecule has 1 amide bonds. The van der Waals surface area contributed by atoms with Gasteiger partial charge in [0, 0.05) is 19.0 Å². The Morgan fingerprint density at radius 1 is 1.39 bits per heavy atom. The summed E-state index contributed by atoms with van der Waals surface area (Å²) in [6.45, 7) is 4.38. The van der Waals surface area contributed by atoms with Crippen molar-refractivity contribution in [2.24, 2.45) is 0 Å². The van der Waals surface area contributed by atoms with Crippen LogP contribution in [0.5, 0.6) is 0 Å². The van der Waals surface area contributed by atoms with Crippen LogP contribution in [0.15, 0.2) is 30.3 Å². The number of nitrogens with zero attached hydrogens (tertiary/aromatic N) is 1. The minimum absolute atomic E-state index is 0.120. The zero-order valence-corrected chi connectivity index (χ0v) is 11.1. The lowest BCUT2D eigenvalue weighted by atomic mass is 10.0. The van der Waals surface area contributed by atoms with Gasteiger partial charge in [0.1, 0.15) is 5.60 Å². The van der Waals surface area contributed by atoms with E-state index in [1.54, 1.807) is 6.92 Å². The molecule has 0 aliphatic carbocycles. The summed E-state index contributed by atoms with van der Waals surface area (Å²) in [5.41, 5.74) is 0.0591. The summed E-state index contributed by atoms with van der Waals surface area (Å²) in [7, 11) is 0. The molecule has 1 fully saturated rings. The summed E-state index contributed by atoms with van der Waals surface area (Å²) < 4.78 is 0. The van der Waals surface area contributed by atoms with Crippen molar-refractivity contribution < 1.29 is 9.90 Å². The Labute approximate surface area is 108 Å². The summed E-state index contributed by atoms with van der Waals surface area (Å²) in [5.74, 6) is -0.120. The van der Waals surface area contributed by atoms with E-state index in [0.29, 0.717) is 13.0 Å². The van der Waals surface area contributed by atoms with E-state index in [0.717, 1.165) is 12.8 Å². The van der Waals surface area contributed by atoms with Crippen LogP contribution in [0, 0.1) is 0 Å². The first-order chi connectivity index (χ1) is 8.54. The first kappa shape index (κ1) is 13.1. The maximum absolute atomic E-state index is 12.1. The zero-order chi connectivity index (χ0) is 13.2. The molecule has 1 heterocycles. The fraction of sp³-hybridized carbons (Fsp3) is 0.533. The third kappa shape index (κ3) is 2.56. The van der Waals surface area contributed by atoms with Gasteiger partial charge in [0.2, 0.25) is 0 Å². The van der Waals surface area contributed by atoms with E-state index in [2.05, 4.69) is 19.1 Å². The molecule has 1 aliphatic rings. The lowest BCUT2D eigenvalue weighted by molar-refractivity contribution is -0.142. The van der Waals surface area contributed by atoms with Crippen molar-refractivity contribution in [2.75, 3.05) is 6.54 Å². The van der Waals surface area contributed by atoms with E-state index in [9.17, 15) is 9.90 Å². The number of carbonyl (C=O) groups excluding carboxylic acids is 1. The highest BCUT2D eigenvalue weighted by atomic mass is 16.3. The second-order valence-corrected chi connectivity index (χ2v) is 5.27. The van der Waals surface area contributed by atoms with Crippen LogP contribution in [0.3, 0.4) is 0 Å². The summed E-state index contributed by atoms with van der Waals surface area (Å²) >= 11 is 0. The van der Waals surface area contributed by atoms with E-state index < -0.39 is 5.60 Å². The van der Waals surface area contributed by atoms with Gasteiger partial charge in [-0.15, -0.1) is 0 Å². The standard InChI is InChI=1S/C15H21NO2/c1-3-13-11-15(2,18)14(17)16(13)10-9-12-7-5-4-6-8-12/h4-8,13,18H,3,9-11H2,1-2H3. The van der Waals surface area contributed by atoms with Crippen LogP contribution in [-0.4, -0.2) is 34.1 Å². The zero-order valence-electron chi connectivity index (χ0n) is 11.1. The van der Waals surface area contributed by atoms with Gasteiger partial charge in [0.25, 0.3) is 5.91 Å². The highest BCUT2D eigenvalue weighted by Crippen LogP contribution is 2.30. The lowest BCUT2D eigenvalue weighted by Gasteiger charge is -2.23. The number of aliphatic hydroxyl groups is 1. The van der Waals surface area contributed by atoms with Gasteiger partial charge in [0.15, 0.2) is 0 Å². The molecule has 3 heteroatoms. The molecule has 2 atom stereocenters. The van der Waals surface area contributed by atoms with Gasteiger partial charge in [-0.1, -0.05) is 37.3 Å². The van der Waals surface area contributed by atoms with Crippen LogP contribution in [0.25, 0.3) is 0 Å². The SMILES string of the molecule is CCC1CC(C)(O)C(=O)N1CCc1ccccc1. The molecule has 1 N–H and O–H groups in total. The van der Waals surface area contributed by atoms with E-state index in [1.807, 2.05) is 23.1 Å². The highest BCUT2D eigenvalue weighted by molar-refractivity contribution is 5.87. The van der Waals surface area contributed by atoms with Crippen LogP contribution in [0.2, 0.25) is 0 Å². The Hall–Kier alpha value is -1.35. The fourth-order valence-electron chi connectivity index (χ4n) is 2.67. The average Bonchev–Trinajstić information content (AvgIpc) is 2.59. The van der Waals surface area contributed by atoms with Crippen LogP contribution < -0.4 is 0 Å². The molecule has 98 valence electrons. The molecule has 0 spiro atoms. The molecule has 1 aromatic carbocycles. The molecule has 1 saturated heterocycles. The molecule has 0 saturated carbocycles. The molecular formula is C15H21NO2. The molecule has 2 unspecified atom stereocenters. The lowest BCUT2D eigenvalue weighted by Crippen LogP contribution is -2.39. The summed E-state index contributed by atoms with van der Waals surface area (Å²) in [6, 6.07) is 10.3. The van der Waals surface area contributed by atoms with Crippen molar-refractivity contribution in [1.82, 2.24) is 4.90 Å². The fourth-order valence-corrected chi connectivity index (χ4v) is 2.67. The predicted octanol–water partition coefficient (Wildman–Crippen LogP) is 1.99. The third-order valence-electron chi connectivity index (χ3n) is 3.75. The first-order valence-electron chi connectivity index (χ1n) is 6.62. The van der Waals surface area contributed by atoms with Crippen molar-refractivity contribution in [3.63, 3.8) is 0 Å². The Balaban J connectivity index is 2.02. The first-order valence-corrected chi connectivity index (χ1v) is 6.62. The highest BCUT2D eigenvalue weighted by Gasteiger charge is 2.45. The van der Waals surface area contributed by atoms with Crippen molar-refractivity contribution in [1.29, 1.82) is 0 Å². The summed E-state index contributed by atoms with van der Waals surface area (Å²) in [6.07, 6.45) is 2.30. The minimum Gasteiger partial charge on any atom is -0.380 e. The van der Waals surface area contributed by atoms with Crippen LogP contribution in [0.4, 0.5) is 0 Å². The van der Waals surface area contributed by atoms with Gasteiger partial charge >= 0.3 is 0 Å². The largest absolute Gasteiger partial charge is 0.380 e. The average molecular weight is 247 g/mol. The van der Waals surface area contributed by atoms with Crippen LogP contribution in [-0.2, 0) is 11.2 Å². The number of likely N-dealkylation sites (tertiary alicyclic amines) is 1. The smallest absolute Gasteiger partial charge is 0.254 e. The predicted molar refractivity (Wildman–Crippen MR) is 71.2 cm³/mol. The molecular weight excluding hydrogens is 226 g/mol. The second-order valence-electron chi connectivity index (χ2n) is 5.27. The van der Waals surface area contributed by atoms with E-state index >= 15 is 0 Å². The third-order valence-corrected chi connectivity index (χ3v) is 3.75.